The van der Waals surface area contributed by atoms with Gasteiger partial charge in [-0.25, -0.2) is 4.98 Å². The van der Waals surface area contributed by atoms with E-state index in [1.807, 2.05) is 54.8 Å². The Morgan fingerprint density at radius 1 is 1.32 bits per heavy atom. The molecule has 1 aromatic heterocycles. The van der Waals surface area contributed by atoms with Crippen molar-refractivity contribution in [2.75, 3.05) is 32.6 Å². The number of anilines is 1. The first-order valence-corrected chi connectivity index (χ1v) is 8.14. The molecular formula is C16H23N3O2S. The Morgan fingerprint density at radius 3 is 2.64 bits per heavy atom. The summed E-state index contributed by atoms with van der Waals surface area (Å²) in [5, 5.41) is 16.2. The first-order chi connectivity index (χ1) is 10.5. The number of aliphatic hydroxyl groups excluding tert-OH is 1. The van der Waals surface area contributed by atoms with Gasteiger partial charge < -0.3 is 20.1 Å². The highest BCUT2D eigenvalue weighted by Crippen LogP contribution is 2.22. The van der Waals surface area contributed by atoms with E-state index in [0.29, 0.717) is 13.2 Å². The summed E-state index contributed by atoms with van der Waals surface area (Å²) in [6, 6.07) is 7.92. The summed E-state index contributed by atoms with van der Waals surface area (Å²) in [7, 11) is 3.85. The molecule has 2 unspecified atom stereocenters. The van der Waals surface area contributed by atoms with Gasteiger partial charge in [0.25, 0.3) is 0 Å². The zero-order chi connectivity index (χ0) is 15.9. The molecule has 0 bridgehead atoms. The van der Waals surface area contributed by atoms with Crippen molar-refractivity contribution in [2.45, 2.75) is 19.1 Å². The van der Waals surface area contributed by atoms with Crippen LogP contribution in [-0.2, 0) is 0 Å². The Bertz CT molecular complexity index is 543. The van der Waals surface area contributed by atoms with Crippen molar-refractivity contribution < 1.29 is 9.84 Å². The summed E-state index contributed by atoms with van der Waals surface area (Å²) in [5.41, 5.74) is 1.02. The van der Waals surface area contributed by atoms with Crippen molar-refractivity contribution in [3.8, 4) is 5.75 Å². The zero-order valence-electron chi connectivity index (χ0n) is 13.2. The van der Waals surface area contributed by atoms with Crippen molar-refractivity contribution in [3.05, 3.63) is 40.8 Å². The molecule has 1 heterocycles. The minimum atomic E-state index is -0.488. The van der Waals surface area contributed by atoms with Gasteiger partial charge in [-0.2, -0.15) is 0 Å². The SMILES string of the molecule is CC(Nc1ccc(OCC(O)CN(C)C)cc1)c1nccs1. The highest BCUT2D eigenvalue weighted by molar-refractivity contribution is 7.09. The third-order valence-corrected chi connectivity index (χ3v) is 4.04. The van der Waals surface area contributed by atoms with E-state index in [4.69, 9.17) is 4.74 Å². The van der Waals surface area contributed by atoms with Crippen LogP contribution < -0.4 is 10.1 Å². The Labute approximate surface area is 135 Å². The summed E-state index contributed by atoms with van der Waals surface area (Å²) in [6.45, 7) is 2.96. The number of likely N-dealkylation sites (N-methyl/N-ethyl adjacent to an activating group) is 1. The highest BCUT2D eigenvalue weighted by Gasteiger charge is 2.09. The second kappa shape index (κ2) is 8.12. The molecule has 6 heteroatoms. The maximum Gasteiger partial charge on any atom is 0.119 e. The number of thiazole rings is 1. The number of hydrogen-bond donors (Lipinski definition) is 2. The number of nitrogens with zero attached hydrogens (tertiary/aromatic N) is 2. The average Bonchev–Trinajstić information content (AvgIpc) is 3.00. The molecule has 5 nitrogen and oxygen atoms in total. The van der Waals surface area contributed by atoms with E-state index in [2.05, 4.69) is 17.2 Å². The van der Waals surface area contributed by atoms with Gasteiger partial charge in [-0.1, -0.05) is 0 Å². The zero-order valence-corrected chi connectivity index (χ0v) is 14.0. The van der Waals surface area contributed by atoms with Gasteiger partial charge in [-0.05, 0) is 45.3 Å². The summed E-state index contributed by atoms with van der Waals surface area (Å²) in [4.78, 5) is 6.23. The van der Waals surface area contributed by atoms with E-state index >= 15 is 0 Å². The summed E-state index contributed by atoms with van der Waals surface area (Å²) < 4.78 is 5.59. The van der Waals surface area contributed by atoms with Crippen LogP contribution in [-0.4, -0.2) is 48.3 Å². The van der Waals surface area contributed by atoms with Gasteiger partial charge in [0, 0.05) is 23.8 Å². The molecule has 0 aliphatic heterocycles. The smallest absolute Gasteiger partial charge is 0.119 e. The summed E-state index contributed by atoms with van der Waals surface area (Å²) in [6.07, 6.45) is 1.33. The molecular weight excluding hydrogens is 298 g/mol. The fourth-order valence-corrected chi connectivity index (χ4v) is 2.72. The lowest BCUT2D eigenvalue weighted by Gasteiger charge is -2.17. The average molecular weight is 321 g/mol. The van der Waals surface area contributed by atoms with Crippen LogP contribution in [0.1, 0.15) is 18.0 Å². The highest BCUT2D eigenvalue weighted by atomic mass is 32.1. The maximum atomic E-state index is 9.78. The molecule has 0 amide bonds. The minimum absolute atomic E-state index is 0.175. The van der Waals surface area contributed by atoms with Crippen LogP contribution in [0.2, 0.25) is 0 Å². The van der Waals surface area contributed by atoms with E-state index < -0.39 is 6.10 Å². The lowest BCUT2D eigenvalue weighted by atomic mass is 10.2. The third-order valence-electron chi connectivity index (χ3n) is 3.08. The second-order valence-electron chi connectivity index (χ2n) is 5.49. The van der Waals surface area contributed by atoms with Gasteiger partial charge in [0.1, 0.15) is 23.5 Å². The van der Waals surface area contributed by atoms with Crippen LogP contribution >= 0.6 is 11.3 Å². The second-order valence-corrected chi connectivity index (χ2v) is 6.41. The van der Waals surface area contributed by atoms with Crippen molar-refractivity contribution in [1.29, 1.82) is 0 Å². The van der Waals surface area contributed by atoms with Crippen LogP contribution in [0.15, 0.2) is 35.8 Å². The number of hydrogen-bond acceptors (Lipinski definition) is 6. The van der Waals surface area contributed by atoms with E-state index in [1.165, 1.54) is 0 Å². The Hall–Kier alpha value is -1.63. The Kier molecular flexibility index (Phi) is 6.18. The molecule has 22 heavy (non-hydrogen) atoms. The number of rotatable bonds is 8. The molecule has 0 aliphatic rings. The van der Waals surface area contributed by atoms with Crippen molar-refractivity contribution >= 4 is 17.0 Å². The Balaban J connectivity index is 1.82. The maximum absolute atomic E-state index is 9.78. The number of nitrogens with one attached hydrogen (secondary N) is 1. The molecule has 2 rings (SSSR count). The molecule has 2 atom stereocenters. The quantitative estimate of drug-likeness (QED) is 0.783. The van der Waals surface area contributed by atoms with E-state index in [1.54, 1.807) is 11.3 Å². The largest absolute Gasteiger partial charge is 0.491 e. The molecule has 0 aliphatic carbocycles. The first kappa shape index (κ1) is 16.7. The van der Waals surface area contributed by atoms with Gasteiger partial charge in [-0.3, -0.25) is 0 Å². The monoisotopic (exact) mass is 321 g/mol. The van der Waals surface area contributed by atoms with Gasteiger partial charge in [-0.15, -0.1) is 11.3 Å². The standard InChI is InChI=1S/C16H23N3O2S/c1-12(16-17-8-9-22-16)18-13-4-6-15(7-5-13)21-11-14(20)10-19(2)3/h4-9,12,14,18,20H,10-11H2,1-3H3. The van der Waals surface area contributed by atoms with E-state index in [0.717, 1.165) is 16.4 Å². The lowest BCUT2D eigenvalue weighted by molar-refractivity contribution is 0.0831. The normalized spacial score (nSPS) is 13.9. The van der Waals surface area contributed by atoms with Crippen LogP contribution in [0, 0.1) is 0 Å². The van der Waals surface area contributed by atoms with Crippen LogP contribution in [0.4, 0.5) is 5.69 Å². The number of aromatic nitrogens is 1. The van der Waals surface area contributed by atoms with Gasteiger partial charge in [0.2, 0.25) is 0 Å². The predicted molar refractivity (Wildman–Crippen MR) is 90.6 cm³/mol. The summed E-state index contributed by atoms with van der Waals surface area (Å²) >= 11 is 1.64. The molecule has 120 valence electrons. The molecule has 1 aromatic carbocycles. The van der Waals surface area contributed by atoms with Gasteiger partial charge in [0.05, 0.1) is 6.04 Å². The molecule has 0 saturated heterocycles. The van der Waals surface area contributed by atoms with Crippen molar-refractivity contribution in [2.24, 2.45) is 0 Å². The predicted octanol–water partition coefficient (Wildman–Crippen LogP) is 2.62. The number of benzene rings is 1. The van der Waals surface area contributed by atoms with Gasteiger partial charge >= 0.3 is 0 Å². The topological polar surface area (TPSA) is 57.6 Å². The van der Waals surface area contributed by atoms with E-state index in [9.17, 15) is 5.11 Å². The van der Waals surface area contributed by atoms with Crippen molar-refractivity contribution in [3.63, 3.8) is 0 Å². The molecule has 0 fully saturated rings. The van der Waals surface area contributed by atoms with Gasteiger partial charge in [0.15, 0.2) is 0 Å². The lowest BCUT2D eigenvalue weighted by Crippen LogP contribution is -2.30. The van der Waals surface area contributed by atoms with Crippen LogP contribution in [0.5, 0.6) is 5.75 Å². The number of ether oxygens (including phenoxy) is 1. The molecule has 0 saturated carbocycles. The molecule has 0 radical (unpaired) electrons. The summed E-state index contributed by atoms with van der Waals surface area (Å²) in [5.74, 6) is 0.755. The number of aliphatic hydroxyl groups is 1. The molecule has 2 N–H and O–H groups in total. The van der Waals surface area contributed by atoms with Crippen LogP contribution in [0.25, 0.3) is 0 Å². The fraction of sp³-hybridized carbons (Fsp3) is 0.438. The fourth-order valence-electron chi connectivity index (χ4n) is 2.07. The Morgan fingerprint density at radius 2 is 2.05 bits per heavy atom. The molecule has 0 spiro atoms. The van der Waals surface area contributed by atoms with E-state index in [-0.39, 0.29) is 6.04 Å². The molecule has 2 aromatic rings. The minimum Gasteiger partial charge on any atom is -0.491 e. The van der Waals surface area contributed by atoms with Crippen LogP contribution in [0.3, 0.4) is 0 Å². The third kappa shape index (κ3) is 5.29. The van der Waals surface area contributed by atoms with Crippen molar-refractivity contribution in [1.82, 2.24) is 9.88 Å². The first-order valence-electron chi connectivity index (χ1n) is 7.26.